The van der Waals surface area contributed by atoms with E-state index in [1.807, 2.05) is 24.3 Å². The van der Waals surface area contributed by atoms with Crippen LogP contribution in [0.1, 0.15) is 10.4 Å². The van der Waals surface area contributed by atoms with Crippen molar-refractivity contribution in [1.29, 1.82) is 0 Å². The Morgan fingerprint density at radius 2 is 1.59 bits per heavy atom. The molecule has 0 aliphatic carbocycles. The standard InChI is InChI=1S/C13H9BrClNO/c14-10-3-7-12(8-4-10)16-13(17)9-1-5-11(15)6-2-9/h1-8H,(H,16,17). The molecule has 0 aliphatic heterocycles. The van der Waals surface area contributed by atoms with Gasteiger partial charge in [-0.15, -0.1) is 0 Å². The number of halogens is 2. The molecule has 0 aliphatic rings. The minimum Gasteiger partial charge on any atom is -0.322 e. The molecule has 17 heavy (non-hydrogen) atoms. The number of hydrogen-bond donors (Lipinski definition) is 1. The SMILES string of the molecule is O=C(Nc1ccc(Br)cc1)c1ccc(Cl)cc1. The summed E-state index contributed by atoms with van der Waals surface area (Å²) in [5, 5.41) is 3.42. The van der Waals surface area contributed by atoms with Crippen LogP contribution in [0, 0.1) is 0 Å². The van der Waals surface area contributed by atoms with Gasteiger partial charge in [-0.25, -0.2) is 0 Å². The van der Waals surface area contributed by atoms with E-state index < -0.39 is 0 Å². The van der Waals surface area contributed by atoms with Gasteiger partial charge >= 0.3 is 0 Å². The molecule has 2 nitrogen and oxygen atoms in total. The van der Waals surface area contributed by atoms with Crippen LogP contribution in [0.2, 0.25) is 5.02 Å². The minimum atomic E-state index is -0.149. The summed E-state index contributed by atoms with van der Waals surface area (Å²) in [5.74, 6) is -0.149. The second-order valence-electron chi connectivity index (χ2n) is 3.47. The van der Waals surface area contributed by atoms with E-state index in [0.717, 1.165) is 10.2 Å². The lowest BCUT2D eigenvalue weighted by Gasteiger charge is -2.05. The van der Waals surface area contributed by atoms with Crippen molar-refractivity contribution >= 4 is 39.1 Å². The smallest absolute Gasteiger partial charge is 0.255 e. The monoisotopic (exact) mass is 309 g/mol. The third-order valence-electron chi connectivity index (χ3n) is 2.21. The molecule has 2 aromatic carbocycles. The number of hydrogen-bond acceptors (Lipinski definition) is 1. The summed E-state index contributed by atoms with van der Waals surface area (Å²) in [7, 11) is 0. The van der Waals surface area contributed by atoms with Gasteiger partial charge in [0, 0.05) is 20.7 Å². The quantitative estimate of drug-likeness (QED) is 0.877. The average molecular weight is 311 g/mol. The third kappa shape index (κ3) is 3.32. The molecule has 86 valence electrons. The highest BCUT2D eigenvalue weighted by Crippen LogP contribution is 2.16. The first-order valence-corrected chi connectivity index (χ1v) is 6.15. The summed E-state index contributed by atoms with van der Waals surface area (Å²) < 4.78 is 0.974. The highest BCUT2D eigenvalue weighted by atomic mass is 79.9. The molecule has 4 heteroatoms. The molecule has 0 spiro atoms. The van der Waals surface area contributed by atoms with Gasteiger partial charge in [-0.3, -0.25) is 4.79 Å². The van der Waals surface area contributed by atoms with Crippen LogP contribution < -0.4 is 5.32 Å². The van der Waals surface area contributed by atoms with Gasteiger partial charge in [-0.2, -0.15) is 0 Å². The Morgan fingerprint density at radius 1 is 1.00 bits per heavy atom. The average Bonchev–Trinajstić information content (AvgIpc) is 2.33. The number of rotatable bonds is 2. The van der Waals surface area contributed by atoms with Gasteiger partial charge < -0.3 is 5.32 Å². The van der Waals surface area contributed by atoms with Crippen LogP contribution >= 0.6 is 27.5 Å². The largest absolute Gasteiger partial charge is 0.322 e. The van der Waals surface area contributed by atoms with Crippen molar-refractivity contribution in [3.8, 4) is 0 Å². The van der Waals surface area contributed by atoms with Gasteiger partial charge in [-0.1, -0.05) is 27.5 Å². The van der Waals surface area contributed by atoms with Gasteiger partial charge in [0.05, 0.1) is 0 Å². The first-order valence-electron chi connectivity index (χ1n) is 4.97. The van der Waals surface area contributed by atoms with E-state index in [9.17, 15) is 4.79 Å². The van der Waals surface area contributed by atoms with Crippen molar-refractivity contribution < 1.29 is 4.79 Å². The zero-order valence-corrected chi connectivity index (χ0v) is 11.1. The molecule has 0 saturated heterocycles. The maximum Gasteiger partial charge on any atom is 0.255 e. The topological polar surface area (TPSA) is 29.1 Å². The first kappa shape index (κ1) is 12.1. The van der Waals surface area contributed by atoms with Gasteiger partial charge in [0.2, 0.25) is 0 Å². The zero-order chi connectivity index (χ0) is 12.3. The van der Waals surface area contributed by atoms with Gasteiger partial charge in [0.15, 0.2) is 0 Å². The van der Waals surface area contributed by atoms with Crippen LogP contribution in [-0.2, 0) is 0 Å². The molecule has 1 amide bonds. The number of amides is 1. The van der Waals surface area contributed by atoms with Crippen molar-refractivity contribution in [1.82, 2.24) is 0 Å². The van der Waals surface area contributed by atoms with E-state index in [1.54, 1.807) is 24.3 Å². The van der Waals surface area contributed by atoms with E-state index in [1.165, 1.54) is 0 Å². The number of carbonyl (C=O) groups is 1. The van der Waals surface area contributed by atoms with Crippen LogP contribution in [0.4, 0.5) is 5.69 Å². The Labute approximate surface area is 113 Å². The predicted octanol–water partition coefficient (Wildman–Crippen LogP) is 4.35. The Morgan fingerprint density at radius 3 is 2.18 bits per heavy atom. The van der Waals surface area contributed by atoms with Crippen molar-refractivity contribution in [3.05, 3.63) is 63.6 Å². The van der Waals surface area contributed by atoms with E-state index in [-0.39, 0.29) is 5.91 Å². The number of anilines is 1. The molecule has 2 rings (SSSR count). The lowest BCUT2D eigenvalue weighted by Crippen LogP contribution is -2.11. The highest BCUT2D eigenvalue weighted by Gasteiger charge is 2.05. The molecule has 0 atom stereocenters. The van der Waals surface area contributed by atoms with Gasteiger partial charge in [0.1, 0.15) is 0 Å². The molecule has 0 fully saturated rings. The summed E-state index contributed by atoms with van der Waals surface area (Å²) in [6, 6.07) is 14.2. The molecule has 0 saturated carbocycles. The van der Waals surface area contributed by atoms with Crippen molar-refractivity contribution in [2.45, 2.75) is 0 Å². The molecule has 2 aromatic rings. The van der Waals surface area contributed by atoms with Crippen LogP contribution in [-0.4, -0.2) is 5.91 Å². The van der Waals surface area contributed by atoms with Crippen molar-refractivity contribution in [2.75, 3.05) is 5.32 Å². The summed E-state index contributed by atoms with van der Waals surface area (Å²) in [6.07, 6.45) is 0. The van der Waals surface area contributed by atoms with E-state index >= 15 is 0 Å². The second kappa shape index (κ2) is 5.34. The predicted molar refractivity (Wildman–Crippen MR) is 73.5 cm³/mol. The van der Waals surface area contributed by atoms with Crippen LogP contribution in [0.3, 0.4) is 0 Å². The van der Waals surface area contributed by atoms with Gasteiger partial charge in [0.25, 0.3) is 5.91 Å². The van der Waals surface area contributed by atoms with E-state index in [4.69, 9.17) is 11.6 Å². The summed E-state index contributed by atoms with van der Waals surface area (Å²) in [6.45, 7) is 0. The summed E-state index contributed by atoms with van der Waals surface area (Å²) in [4.78, 5) is 11.8. The molecule has 0 bridgehead atoms. The fourth-order valence-electron chi connectivity index (χ4n) is 1.34. The highest BCUT2D eigenvalue weighted by molar-refractivity contribution is 9.10. The maximum absolute atomic E-state index is 11.8. The normalized spacial score (nSPS) is 10.0. The maximum atomic E-state index is 11.8. The number of carbonyl (C=O) groups excluding carboxylic acids is 1. The fraction of sp³-hybridized carbons (Fsp3) is 0. The molecule has 0 heterocycles. The first-order chi connectivity index (χ1) is 8.15. The molecule has 1 N–H and O–H groups in total. The van der Waals surface area contributed by atoms with E-state index in [0.29, 0.717) is 10.6 Å². The fourth-order valence-corrected chi connectivity index (χ4v) is 1.73. The zero-order valence-electron chi connectivity index (χ0n) is 8.78. The summed E-state index contributed by atoms with van der Waals surface area (Å²) >= 11 is 9.09. The Hall–Kier alpha value is -1.32. The Kier molecular flexibility index (Phi) is 3.82. The molecule has 0 unspecified atom stereocenters. The summed E-state index contributed by atoms with van der Waals surface area (Å²) in [5.41, 5.74) is 1.34. The van der Waals surface area contributed by atoms with E-state index in [2.05, 4.69) is 21.2 Å². The molecular formula is C13H9BrClNO. The molecule has 0 aromatic heterocycles. The van der Waals surface area contributed by atoms with Gasteiger partial charge in [-0.05, 0) is 48.5 Å². The van der Waals surface area contributed by atoms with Crippen LogP contribution in [0.15, 0.2) is 53.0 Å². The molecular weight excluding hydrogens is 302 g/mol. The van der Waals surface area contributed by atoms with Crippen molar-refractivity contribution in [2.24, 2.45) is 0 Å². The number of nitrogens with one attached hydrogen (secondary N) is 1. The number of benzene rings is 2. The Bertz CT molecular complexity index is 522. The minimum absolute atomic E-state index is 0.149. The third-order valence-corrected chi connectivity index (χ3v) is 2.99. The second-order valence-corrected chi connectivity index (χ2v) is 4.82. The Balaban J connectivity index is 2.11. The van der Waals surface area contributed by atoms with Crippen molar-refractivity contribution in [3.63, 3.8) is 0 Å². The lowest BCUT2D eigenvalue weighted by atomic mass is 10.2. The van der Waals surface area contributed by atoms with Crippen LogP contribution in [0.25, 0.3) is 0 Å². The lowest BCUT2D eigenvalue weighted by molar-refractivity contribution is 0.102. The molecule has 0 radical (unpaired) electrons. The van der Waals surface area contributed by atoms with Crippen LogP contribution in [0.5, 0.6) is 0 Å².